The van der Waals surface area contributed by atoms with E-state index in [1.807, 2.05) is 0 Å². The van der Waals surface area contributed by atoms with Crippen LogP contribution in [0.15, 0.2) is 40.6 Å². The lowest BCUT2D eigenvalue weighted by Gasteiger charge is -2.39. The number of thiazole rings is 1. The van der Waals surface area contributed by atoms with Gasteiger partial charge in [0.1, 0.15) is 21.3 Å². The Morgan fingerprint density at radius 1 is 1.06 bits per heavy atom. The SMILES string of the molecule is COc1ccc(-c2csc(CNC(=O)C3(CC(=O)OC(C)(C)C)Cc4cc(F)c(F)cc4C3)n2)cc1S(=O)(=O)N1CCC([N+](C)(C)C)CC1. The molecule has 0 saturated carbocycles. The Kier molecular flexibility index (Phi) is 10.3. The number of sulfonamides is 1. The first-order chi connectivity index (χ1) is 22.8. The van der Waals surface area contributed by atoms with Gasteiger partial charge in [0.15, 0.2) is 11.6 Å². The summed E-state index contributed by atoms with van der Waals surface area (Å²) in [4.78, 5) is 31.4. The molecule has 1 aliphatic heterocycles. The maximum atomic E-state index is 14.1. The average molecular weight is 720 g/mol. The van der Waals surface area contributed by atoms with E-state index in [4.69, 9.17) is 9.47 Å². The number of carbonyl (C=O) groups is 2. The van der Waals surface area contributed by atoms with Crippen LogP contribution in [0.25, 0.3) is 11.3 Å². The number of quaternary nitrogens is 1. The summed E-state index contributed by atoms with van der Waals surface area (Å²) in [5.41, 5.74) is -0.0381. The number of hydrogen-bond donors (Lipinski definition) is 1. The number of carbonyl (C=O) groups excluding carboxylic acids is 2. The highest BCUT2D eigenvalue weighted by molar-refractivity contribution is 7.89. The first-order valence-corrected chi connectivity index (χ1v) is 18.5. The second-order valence-electron chi connectivity index (χ2n) is 14.9. The van der Waals surface area contributed by atoms with Gasteiger partial charge in [-0.3, -0.25) is 9.59 Å². The molecular formula is C35H45F2N4O6S2+. The zero-order valence-electron chi connectivity index (χ0n) is 29.1. The molecule has 1 aliphatic carbocycles. The van der Waals surface area contributed by atoms with E-state index in [9.17, 15) is 26.8 Å². The monoisotopic (exact) mass is 719 g/mol. The molecule has 1 amide bonds. The van der Waals surface area contributed by atoms with E-state index < -0.39 is 44.6 Å². The van der Waals surface area contributed by atoms with E-state index in [-0.39, 0.29) is 36.5 Å². The third-order valence-electron chi connectivity index (χ3n) is 9.23. The minimum atomic E-state index is -3.85. The van der Waals surface area contributed by atoms with Crippen molar-refractivity contribution in [2.24, 2.45) is 5.41 Å². The number of piperidine rings is 1. The van der Waals surface area contributed by atoms with Crippen molar-refractivity contribution in [1.29, 1.82) is 0 Å². The third-order valence-corrected chi connectivity index (χ3v) is 12.0. The van der Waals surface area contributed by atoms with Crippen LogP contribution < -0.4 is 10.1 Å². The van der Waals surface area contributed by atoms with Crippen molar-refractivity contribution in [3.63, 3.8) is 0 Å². The predicted molar refractivity (Wildman–Crippen MR) is 182 cm³/mol. The first kappa shape index (κ1) is 36.8. The van der Waals surface area contributed by atoms with E-state index in [0.717, 1.165) is 29.5 Å². The van der Waals surface area contributed by atoms with Crippen LogP contribution in [0.2, 0.25) is 0 Å². The number of ether oxygens (including phenoxy) is 2. The number of nitrogens with zero attached hydrogens (tertiary/aromatic N) is 3. The summed E-state index contributed by atoms with van der Waals surface area (Å²) >= 11 is 1.29. The molecule has 49 heavy (non-hydrogen) atoms. The maximum absolute atomic E-state index is 14.1. The molecule has 14 heteroatoms. The number of esters is 1. The highest BCUT2D eigenvalue weighted by atomic mass is 32.2. The van der Waals surface area contributed by atoms with E-state index >= 15 is 0 Å². The molecular weight excluding hydrogens is 675 g/mol. The Bertz CT molecular complexity index is 1810. The van der Waals surface area contributed by atoms with Gasteiger partial charge in [0.25, 0.3) is 0 Å². The van der Waals surface area contributed by atoms with E-state index in [1.165, 1.54) is 22.8 Å². The van der Waals surface area contributed by atoms with Crippen LogP contribution in [0.5, 0.6) is 5.75 Å². The zero-order chi connectivity index (χ0) is 35.9. The third kappa shape index (κ3) is 8.13. The molecule has 1 aromatic heterocycles. The molecule has 266 valence electrons. The van der Waals surface area contributed by atoms with Gasteiger partial charge >= 0.3 is 5.97 Å². The summed E-state index contributed by atoms with van der Waals surface area (Å²) in [7, 11) is 3.95. The van der Waals surface area contributed by atoms with Gasteiger partial charge in [0.2, 0.25) is 15.9 Å². The van der Waals surface area contributed by atoms with E-state index in [1.54, 1.807) is 44.4 Å². The van der Waals surface area contributed by atoms with Gasteiger partial charge in [0.05, 0.1) is 58.4 Å². The molecule has 0 spiro atoms. The Balaban J connectivity index is 1.33. The number of amides is 1. The number of methoxy groups -OCH3 is 1. The van der Waals surface area contributed by atoms with Crippen molar-refractivity contribution in [2.75, 3.05) is 41.3 Å². The van der Waals surface area contributed by atoms with Crippen molar-refractivity contribution in [3.05, 3.63) is 63.5 Å². The van der Waals surface area contributed by atoms with Gasteiger partial charge in [-0.2, -0.15) is 4.31 Å². The van der Waals surface area contributed by atoms with Crippen LogP contribution in [0.4, 0.5) is 8.78 Å². The molecule has 0 unspecified atom stereocenters. The Morgan fingerprint density at radius 2 is 1.67 bits per heavy atom. The number of fused-ring (bicyclic) bond motifs is 1. The van der Waals surface area contributed by atoms with Crippen LogP contribution in [0.3, 0.4) is 0 Å². The average Bonchev–Trinajstić information content (AvgIpc) is 3.63. The molecule has 1 saturated heterocycles. The summed E-state index contributed by atoms with van der Waals surface area (Å²) in [5.74, 6) is -2.83. The van der Waals surface area contributed by atoms with Crippen molar-refractivity contribution in [3.8, 4) is 17.0 Å². The van der Waals surface area contributed by atoms with Gasteiger partial charge in [0, 0.05) is 36.9 Å². The summed E-state index contributed by atoms with van der Waals surface area (Å²) in [6.07, 6.45) is 1.33. The zero-order valence-corrected chi connectivity index (χ0v) is 30.7. The van der Waals surface area contributed by atoms with Gasteiger partial charge < -0.3 is 19.3 Å². The molecule has 3 aromatic rings. The van der Waals surface area contributed by atoms with Gasteiger partial charge in [-0.25, -0.2) is 22.2 Å². The van der Waals surface area contributed by atoms with E-state index in [0.29, 0.717) is 46.5 Å². The molecule has 2 aromatic carbocycles. The lowest BCUT2D eigenvalue weighted by Crippen LogP contribution is -2.52. The smallest absolute Gasteiger partial charge is 0.307 e. The first-order valence-electron chi connectivity index (χ1n) is 16.2. The summed E-state index contributed by atoms with van der Waals surface area (Å²) < 4.78 is 69.1. The van der Waals surface area contributed by atoms with Crippen molar-refractivity contribution in [2.45, 2.75) is 76.0 Å². The molecule has 10 nitrogen and oxygen atoms in total. The molecule has 1 fully saturated rings. The number of nitrogens with one attached hydrogen (secondary N) is 1. The Hall–Kier alpha value is -3.46. The van der Waals surface area contributed by atoms with Gasteiger partial charge in [-0.05, 0) is 75.1 Å². The molecule has 1 N–H and O–H groups in total. The lowest BCUT2D eigenvalue weighted by atomic mass is 9.80. The number of rotatable bonds is 10. The fourth-order valence-electron chi connectivity index (χ4n) is 6.67. The highest BCUT2D eigenvalue weighted by Crippen LogP contribution is 2.42. The summed E-state index contributed by atoms with van der Waals surface area (Å²) in [5, 5.41) is 5.20. The second kappa shape index (κ2) is 13.7. The minimum Gasteiger partial charge on any atom is -0.495 e. The Morgan fingerprint density at radius 3 is 2.22 bits per heavy atom. The molecule has 0 radical (unpaired) electrons. The standard InChI is InChI=1S/C35H44F2N4O6S2/c1-34(2,3)47-32(42)19-35(17-23-14-26(36)27(37)15-24(23)18-35)33(43)38-20-31-39-28(21-48-31)22-8-9-29(46-7)30(16-22)49(44,45)40-12-10-25(11-13-40)41(4,5)6/h8-9,14-16,21,25H,10-13,17-20H2,1-7H3/p+1. The molecule has 5 rings (SSSR count). The number of halogens is 2. The van der Waals surface area contributed by atoms with Crippen LogP contribution in [0, 0.1) is 17.0 Å². The fourth-order valence-corrected chi connectivity index (χ4v) is 9.07. The van der Waals surface area contributed by atoms with Crippen LogP contribution in [-0.2, 0) is 43.7 Å². The summed E-state index contributed by atoms with van der Waals surface area (Å²) in [6.45, 7) is 6.04. The normalized spacial score (nSPS) is 17.1. The molecule has 0 bridgehead atoms. The number of hydrogen-bond acceptors (Lipinski definition) is 8. The van der Waals surface area contributed by atoms with Crippen LogP contribution >= 0.6 is 11.3 Å². The quantitative estimate of drug-likeness (QED) is 0.230. The lowest BCUT2D eigenvalue weighted by molar-refractivity contribution is -0.897. The maximum Gasteiger partial charge on any atom is 0.307 e. The largest absolute Gasteiger partial charge is 0.495 e. The highest BCUT2D eigenvalue weighted by Gasteiger charge is 2.47. The van der Waals surface area contributed by atoms with Gasteiger partial charge in [-0.15, -0.1) is 11.3 Å². The number of benzene rings is 2. The van der Waals surface area contributed by atoms with Crippen LogP contribution in [0.1, 0.15) is 56.2 Å². The second-order valence-corrected chi connectivity index (χ2v) is 17.7. The molecule has 0 atom stereocenters. The summed E-state index contributed by atoms with van der Waals surface area (Å²) in [6, 6.07) is 7.46. The molecule has 2 heterocycles. The van der Waals surface area contributed by atoms with Crippen molar-refractivity contribution in [1.82, 2.24) is 14.6 Å². The fraction of sp³-hybridized carbons (Fsp3) is 0.514. The van der Waals surface area contributed by atoms with Crippen molar-refractivity contribution >= 4 is 33.2 Å². The van der Waals surface area contributed by atoms with E-state index in [2.05, 4.69) is 31.4 Å². The van der Waals surface area contributed by atoms with Crippen molar-refractivity contribution < 1.29 is 40.7 Å². The minimum absolute atomic E-state index is 0.0289. The van der Waals surface area contributed by atoms with Crippen LogP contribution in [-0.4, -0.2) is 87.1 Å². The predicted octanol–water partition coefficient (Wildman–Crippen LogP) is 5.09. The Labute approximate surface area is 291 Å². The number of aromatic nitrogens is 1. The van der Waals surface area contributed by atoms with Gasteiger partial charge in [-0.1, -0.05) is 0 Å². The molecule has 2 aliphatic rings. The topological polar surface area (TPSA) is 115 Å².